The van der Waals surface area contributed by atoms with Gasteiger partial charge in [0.2, 0.25) is 0 Å². The number of nitrogens with one attached hydrogen (secondary N) is 2. The summed E-state index contributed by atoms with van der Waals surface area (Å²) in [5.41, 5.74) is 6.18. The van der Waals surface area contributed by atoms with Gasteiger partial charge in [0.15, 0.2) is 0 Å². The van der Waals surface area contributed by atoms with E-state index in [4.69, 9.17) is 4.84 Å². The zero-order chi connectivity index (χ0) is 28.4. The smallest absolute Gasteiger partial charge is 0.351 e. The van der Waals surface area contributed by atoms with Gasteiger partial charge in [0.25, 0.3) is 5.91 Å². The highest BCUT2D eigenvalue weighted by atomic mass is 16.7. The average molecular weight is 546 g/mol. The number of benzene rings is 2. The molecule has 2 aliphatic rings. The van der Waals surface area contributed by atoms with Crippen molar-refractivity contribution >= 4 is 29.2 Å². The summed E-state index contributed by atoms with van der Waals surface area (Å²) in [5.74, 6) is 1.41. The van der Waals surface area contributed by atoms with Gasteiger partial charge < -0.3 is 25.3 Å². The first-order valence-electron chi connectivity index (χ1n) is 13.9. The van der Waals surface area contributed by atoms with E-state index in [1.165, 1.54) is 0 Å². The summed E-state index contributed by atoms with van der Waals surface area (Å²) in [4.78, 5) is 36.0. The molecule has 0 aliphatic carbocycles. The summed E-state index contributed by atoms with van der Waals surface area (Å²) < 4.78 is 1.79. The summed E-state index contributed by atoms with van der Waals surface area (Å²) in [6, 6.07) is 11.6. The molecule has 3 heterocycles. The third kappa shape index (κ3) is 6.13. The molecular weight excluding hydrogens is 506 g/mol. The second-order valence-electron chi connectivity index (χ2n) is 11.2. The fraction of sp³-hybridized carbons (Fsp3) is 0.433. The fourth-order valence-electron chi connectivity index (χ4n) is 5.33. The van der Waals surface area contributed by atoms with E-state index in [0.29, 0.717) is 37.7 Å². The molecule has 1 aromatic heterocycles. The molecule has 0 unspecified atom stereocenters. The number of hydrogen-bond acceptors (Lipinski definition) is 7. The third-order valence-electron chi connectivity index (χ3n) is 7.46. The van der Waals surface area contributed by atoms with E-state index < -0.39 is 6.09 Å². The first kappa shape index (κ1) is 27.7. The first-order valence-corrected chi connectivity index (χ1v) is 13.9. The van der Waals surface area contributed by atoms with Crippen LogP contribution in [0.4, 0.5) is 22.0 Å². The molecule has 0 bridgehead atoms. The van der Waals surface area contributed by atoms with Crippen LogP contribution in [0.3, 0.4) is 0 Å². The number of fused-ring (bicyclic) bond motifs is 2. The number of aromatic nitrogens is 2. The van der Waals surface area contributed by atoms with Crippen molar-refractivity contribution in [2.45, 2.75) is 40.8 Å². The van der Waals surface area contributed by atoms with Crippen LogP contribution in [0, 0.1) is 19.8 Å². The lowest BCUT2D eigenvalue weighted by Gasteiger charge is -2.34. The van der Waals surface area contributed by atoms with E-state index in [9.17, 15) is 9.59 Å². The standard InChI is InChI=1S/C30H39N7O3/c1-20(2)18-35-10-12-36(13-11-35)40-30(39)31-16-24-8-7-23(15-22(24)4)29(38)37-19-25-17-32-34(5)28(25)33-26-14-21(3)6-9-27(26)37/h6-9,14-15,17,20,33H,10-13,16,18-19H2,1-5H3,(H,31,39). The van der Waals surface area contributed by atoms with Gasteiger partial charge in [-0.25, -0.2) is 4.79 Å². The van der Waals surface area contributed by atoms with Crippen LogP contribution in [0.15, 0.2) is 42.6 Å². The van der Waals surface area contributed by atoms with Crippen LogP contribution in [0.25, 0.3) is 0 Å². The number of aryl methyl sites for hydroxylation is 3. The Labute approximate surface area is 235 Å². The second kappa shape index (κ2) is 11.7. The fourth-order valence-corrected chi connectivity index (χ4v) is 5.33. The molecule has 40 heavy (non-hydrogen) atoms. The Morgan fingerprint density at radius 3 is 2.58 bits per heavy atom. The number of carbonyl (C=O) groups excluding carboxylic acids is 2. The molecule has 10 heteroatoms. The van der Waals surface area contributed by atoms with Crippen LogP contribution >= 0.6 is 0 Å². The lowest BCUT2D eigenvalue weighted by Crippen LogP contribution is -2.48. The monoisotopic (exact) mass is 545 g/mol. The zero-order valence-electron chi connectivity index (χ0n) is 24.0. The summed E-state index contributed by atoms with van der Waals surface area (Å²) in [7, 11) is 1.89. The molecule has 0 atom stereocenters. The topological polar surface area (TPSA) is 95.0 Å². The van der Waals surface area contributed by atoms with Gasteiger partial charge in [-0.15, -0.1) is 5.06 Å². The largest absolute Gasteiger partial charge is 0.426 e. The number of carbonyl (C=O) groups is 2. The number of piperazine rings is 1. The van der Waals surface area contributed by atoms with Crippen LogP contribution in [0.5, 0.6) is 0 Å². The number of rotatable bonds is 6. The van der Waals surface area contributed by atoms with Crippen molar-refractivity contribution in [3.63, 3.8) is 0 Å². The maximum absolute atomic E-state index is 13.8. The predicted octanol–water partition coefficient (Wildman–Crippen LogP) is 4.36. The van der Waals surface area contributed by atoms with Gasteiger partial charge in [-0.2, -0.15) is 5.10 Å². The molecule has 2 amide bonds. The highest BCUT2D eigenvalue weighted by Crippen LogP contribution is 2.37. The van der Waals surface area contributed by atoms with Crippen LogP contribution in [0.1, 0.15) is 46.5 Å². The molecule has 1 saturated heterocycles. The minimum Gasteiger partial charge on any atom is -0.351 e. The molecule has 2 aromatic carbocycles. The molecule has 10 nitrogen and oxygen atoms in total. The van der Waals surface area contributed by atoms with Crippen LogP contribution in [0.2, 0.25) is 0 Å². The predicted molar refractivity (Wildman–Crippen MR) is 156 cm³/mol. The molecule has 2 aliphatic heterocycles. The lowest BCUT2D eigenvalue weighted by atomic mass is 10.0. The lowest BCUT2D eigenvalue weighted by molar-refractivity contribution is -0.123. The summed E-state index contributed by atoms with van der Waals surface area (Å²) in [6.45, 7) is 13.4. The van der Waals surface area contributed by atoms with E-state index >= 15 is 0 Å². The normalized spacial score (nSPS) is 15.7. The Kier molecular flexibility index (Phi) is 8.09. The Morgan fingerprint density at radius 2 is 1.85 bits per heavy atom. The molecule has 1 fully saturated rings. The molecule has 3 aromatic rings. The maximum atomic E-state index is 13.8. The summed E-state index contributed by atoms with van der Waals surface area (Å²) in [5, 5.41) is 12.4. The summed E-state index contributed by atoms with van der Waals surface area (Å²) >= 11 is 0. The molecule has 0 radical (unpaired) electrons. The molecule has 212 valence electrons. The molecule has 2 N–H and O–H groups in total. The Bertz CT molecular complexity index is 1390. The first-order chi connectivity index (χ1) is 19.2. The van der Waals surface area contributed by atoms with Gasteiger partial charge in [-0.05, 0) is 60.7 Å². The van der Waals surface area contributed by atoms with E-state index in [1.807, 2.05) is 57.3 Å². The Balaban J connectivity index is 1.23. The van der Waals surface area contributed by atoms with Gasteiger partial charge in [0, 0.05) is 57.4 Å². The average Bonchev–Trinajstić information content (AvgIpc) is 3.16. The van der Waals surface area contributed by atoms with E-state index in [1.54, 1.807) is 20.8 Å². The number of anilines is 3. The van der Waals surface area contributed by atoms with Crippen LogP contribution < -0.4 is 15.5 Å². The molecular formula is C30H39N7O3. The van der Waals surface area contributed by atoms with E-state index in [-0.39, 0.29) is 5.91 Å². The maximum Gasteiger partial charge on any atom is 0.426 e. The number of hydrogen-bond donors (Lipinski definition) is 2. The second-order valence-corrected chi connectivity index (χ2v) is 11.2. The Hall–Kier alpha value is -3.89. The SMILES string of the molecule is Cc1ccc2c(c1)Nc1c(cnn1C)CN2C(=O)c1ccc(CNC(=O)ON2CCN(CC(C)C)CC2)c(C)c1. The highest BCUT2D eigenvalue weighted by Gasteiger charge is 2.27. The van der Waals surface area contributed by atoms with Crippen LogP contribution in [-0.2, 0) is 25.0 Å². The molecule has 5 rings (SSSR count). The minimum absolute atomic E-state index is 0.0952. The van der Waals surface area contributed by atoms with Crippen LogP contribution in [-0.4, -0.2) is 64.5 Å². The van der Waals surface area contributed by atoms with Crippen molar-refractivity contribution in [1.29, 1.82) is 0 Å². The zero-order valence-corrected chi connectivity index (χ0v) is 24.0. The number of hydroxylamine groups is 2. The van der Waals surface area contributed by atoms with Crippen molar-refractivity contribution in [1.82, 2.24) is 25.1 Å². The van der Waals surface area contributed by atoms with Gasteiger partial charge in [0.05, 0.1) is 24.1 Å². The number of amides is 2. The van der Waals surface area contributed by atoms with E-state index in [2.05, 4.69) is 34.5 Å². The van der Waals surface area contributed by atoms with Crippen molar-refractivity contribution < 1.29 is 14.4 Å². The van der Waals surface area contributed by atoms with Gasteiger partial charge >= 0.3 is 6.09 Å². The van der Waals surface area contributed by atoms with E-state index in [0.717, 1.165) is 59.1 Å². The van der Waals surface area contributed by atoms with Gasteiger partial charge in [0.1, 0.15) is 5.82 Å². The van der Waals surface area contributed by atoms with Crippen molar-refractivity contribution in [3.05, 3.63) is 70.4 Å². The van der Waals surface area contributed by atoms with Crippen molar-refractivity contribution in [3.8, 4) is 0 Å². The molecule has 0 spiro atoms. The summed E-state index contributed by atoms with van der Waals surface area (Å²) in [6.07, 6.45) is 1.33. The third-order valence-corrected chi connectivity index (χ3v) is 7.46. The number of nitrogens with zero attached hydrogens (tertiary/aromatic N) is 5. The van der Waals surface area contributed by atoms with Gasteiger partial charge in [-0.1, -0.05) is 26.0 Å². The highest BCUT2D eigenvalue weighted by molar-refractivity contribution is 6.08. The minimum atomic E-state index is -0.465. The quantitative estimate of drug-likeness (QED) is 0.475. The van der Waals surface area contributed by atoms with Crippen molar-refractivity contribution in [2.24, 2.45) is 13.0 Å². The van der Waals surface area contributed by atoms with Crippen molar-refractivity contribution in [2.75, 3.05) is 42.9 Å². The molecule has 0 saturated carbocycles. The van der Waals surface area contributed by atoms with Gasteiger partial charge in [-0.3, -0.25) is 9.48 Å². The Morgan fingerprint density at radius 1 is 1.07 bits per heavy atom.